The number of alkyl halides is 3. The van der Waals surface area contributed by atoms with E-state index >= 15 is 0 Å². The van der Waals surface area contributed by atoms with Crippen LogP contribution >= 0.6 is 0 Å². The van der Waals surface area contributed by atoms with E-state index in [1.807, 2.05) is 0 Å². The van der Waals surface area contributed by atoms with Gasteiger partial charge in [0.2, 0.25) is 0 Å². The van der Waals surface area contributed by atoms with Gasteiger partial charge in [-0.25, -0.2) is 0 Å². The number of hydrogen-bond donors (Lipinski definition) is 0. The zero-order chi connectivity index (χ0) is 8.20. The van der Waals surface area contributed by atoms with E-state index in [4.69, 9.17) is 0 Å². The van der Waals surface area contributed by atoms with Crippen LogP contribution < -0.4 is 0 Å². The molecule has 4 heteroatoms. The molecule has 0 aliphatic heterocycles. The molecule has 1 nitrogen and oxygen atoms in total. The number of rotatable bonds is 1. The zero-order valence-electron chi connectivity index (χ0n) is 5.74. The molecule has 0 unspecified atom stereocenters. The molecule has 0 N–H and O–H groups in total. The Morgan fingerprint density at radius 1 is 1.30 bits per heavy atom. The van der Waals surface area contributed by atoms with Crippen LogP contribution in [0.1, 0.15) is 13.8 Å². The van der Waals surface area contributed by atoms with Crippen LogP contribution in [-0.4, -0.2) is 12.4 Å². The first kappa shape index (κ1) is 9.20. The molecule has 0 radical (unpaired) electrons. The average molecular weight is 151 g/mol. The van der Waals surface area contributed by atoms with E-state index in [0.29, 0.717) is 0 Å². The second kappa shape index (κ2) is 3.39. The smallest absolute Gasteiger partial charge is 0.257 e. The minimum Gasteiger partial charge on any atom is -0.257 e. The molecule has 0 aromatic carbocycles. The van der Waals surface area contributed by atoms with Gasteiger partial charge >= 0.3 is 6.18 Å². The molecule has 0 aromatic rings. The molecule has 0 heterocycles. The Hall–Kier alpha value is -0.800. The van der Waals surface area contributed by atoms with Crippen LogP contribution in [-0.2, 0) is 0 Å². The maximum atomic E-state index is 11.7. The topological polar surface area (TPSA) is 12.4 Å². The minimum absolute atomic E-state index is 0.852. The maximum Gasteiger partial charge on any atom is 0.432 e. The van der Waals surface area contributed by atoms with Crippen molar-refractivity contribution < 1.29 is 13.2 Å². The van der Waals surface area contributed by atoms with Crippen molar-refractivity contribution >= 4 is 6.21 Å². The molecule has 10 heavy (non-hydrogen) atoms. The Morgan fingerprint density at radius 2 is 1.80 bits per heavy atom. The van der Waals surface area contributed by atoms with Crippen molar-refractivity contribution in [2.24, 2.45) is 4.99 Å². The quantitative estimate of drug-likeness (QED) is 0.510. The van der Waals surface area contributed by atoms with Crippen LogP contribution in [0.25, 0.3) is 0 Å². The van der Waals surface area contributed by atoms with Crippen molar-refractivity contribution in [3.8, 4) is 0 Å². The summed E-state index contributed by atoms with van der Waals surface area (Å²) in [6, 6.07) is 0. The van der Waals surface area contributed by atoms with Crippen molar-refractivity contribution in [3.63, 3.8) is 0 Å². The largest absolute Gasteiger partial charge is 0.432 e. The highest BCUT2D eigenvalue weighted by molar-refractivity contribution is 5.55. The molecule has 0 aliphatic carbocycles. The summed E-state index contributed by atoms with van der Waals surface area (Å²) >= 11 is 0. The molecule has 0 amide bonds. The van der Waals surface area contributed by atoms with E-state index in [1.165, 1.54) is 13.8 Å². The summed E-state index contributed by atoms with van der Waals surface area (Å²) in [5, 5.41) is 0. The average Bonchev–Trinajstić information content (AvgIpc) is 1.80. The summed E-state index contributed by atoms with van der Waals surface area (Å²) in [6.45, 7) is 2.74. The van der Waals surface area contributed by atoms with Crippen LogP contribution in [0, 0.1) is 0 Å². The predicted octanol–water partition coefficient (Wildman–Crippen LogP) is 2.54. The van der Waals surface area contributed by atoms with Crippen molar-refractivity contribution in [3.05, 3.63) is 11.8 Å². The lowest BCUT2D eigenvalue weighted by Gasteiger charge is -2.04. The SMILES string of the molecule is CC=NC(=CC)C(F)(F)F. The highest BCUT2D eigenvalue weighted by Crippen LogP contribution is 2.25. The van der Waals surface area contributed by atoms with Crippen LogP contribution in [0.3, 0.4) is 0 Å². The van der Waals surface area contributed by atoms with Crippen LogP contribution in [0.2, 0.25) is 0 Å². The lowest BCUT2D eigenvalue weighted by atomic mass is 10.4. The van der Waals surface area contributed by atoms with Crippen molar-refractivity contribution in [2.45, 2.75) is 20.0 Å². The zero-order valence-corrected chi connectivity index (χ0v) is 5.74. The Bertz CT molecular complexity index is 155. The first-order valence-electron chi connectivity index (χ1n) is 2.74. The van der Waals surface area contributed by atoms with Gasteiger partial charge in [0.05, 0.1) is 0 Å². The van der Waals surface area contributed by atoms with Gasteiger partial charge in [-0.05, 0) is 13.8 Å². The van der Waals surface area contributed by atoms with Crippen molar-refractivity contribution in [2.75, 3.05) is 0 Å². The normalized spacial score (nSPS) is 14.7. The lowest BCUT2D eigenvalue weighted by molar-refractivity contribution is -0.0923. The van der Waals surface area contributed by atoms with Gasteiger partial charge in [-0.2, -0.15) is 13.2 Å². The van der Waals surface area contributed by atoms with Gasteiger partial charge in [0.1, 0.15) is 5.70 Å². The third-order valence-electron chi connectivity index (χ3n) is 0.832. The molecule has 0 rings (SSSR count). The van der Waals surface area contributed by atoms with E-state index in [9.17, 15) is 13.2 Å². The Kier molecular flexibility index (Phi) is 3.12. The molecule has 0 aromatic heterocycles. The molecule has 58 valence electrons. The van der Waals surface area contributed by atoms with Crippen molar-refractivity contribution in [1.82, 2.24) is 0 Å². The second-order valence-corrected chi connectivity index (χ2v) is 1.56. The molecular weight excluding hydrogens is 143 g/mol. The van der Waals surface area contributed by atoms with Crippen LogP contribution in [0.4, 0.5) is 13.2 Å². The summed E-state index contributed by atoms with van der Waals surface area (Å²) in [4.78, 5) is 3.12. The van der Waals surface area contributed by atoms with E-state index in [0.717, 1.165) is 12.3 Å². The molecule has 0 bridgehead atoms. The number of allylic oxidation sites excluding steroid dienone is 2. The van der Waals surface area contributed by atoms with Gasteiger partial charge in [0.15, 0.2) is 0 Å². The summed E-state index contributed by atoms with van der Waals surface area (Å²) in [7, 11) is 0. The molecule has 0 atom stereocenters. The van der Waals surface area contributed by atoms with Gasteiger partial charge in [-0.3, -0.25) is 4.99 Å². The highest BCUT2D eigenvalue weighted by atomic mass is 19.4. The summed E-state index contributed by atoms with van der Waals surface area (Å²) in [6.07, 6.45) is -2.27. The molecule has 0 spiro atoms. The Balaban J connectivity index is 4.39. The number of aliphatic imine (C=N–C) groups is 1. The first-order chi connectivity index (χ1) is 4.52. The van der Waals surface area contributed by atoms with Crippen LogP contribution in [0.15, 0.2) is 16.8 Å². The summed E-state index contributed by atoms with van der Waals surface area (Å²) in [5.74, 6) is 0. The number of halogens is 3. The van der Waals surface area contributed by atoms with Gasteiger partial charge in [0, 0.05) is 6.21 Å². The standard InChI is InChI=1S/C6H8F3N/c1-3-5(10-4-2)6(7,8)9/h3-4H,1-2H3. The van der Waals surface area contributed by atoms with E-state index in [1.54, 1.807) is 0 Å². The van der Waals surface area contributed by atoms with Crippen molar-refractivity contribution in [1.29, 1.82) is 0 Å². The number of hydrogen-bond acceptors (Lipinski definition) is 1. The fraction of sp³-hybridized carbons (Fsp3) is 0.500. The molecular formula is C6H8F3N. The minimum atomic E-state index is -4.32. The van der Waals surface area contributed by atoms with E-state index in [-0.39, 0.29) is 0 Å². The van der Waals surface area contributed by atoms with Crippen LogP contribution in [0.5, 0.6) is 0 Å². The van der Waals surface area contributed by atoms with E-state index in [2.05, 4.69) is 4.99 Å². The summed E-state index contributed by atoms with van der Waals surface area (Å²) in [5.41, 5.74) is -0.852. The molecule has 0 fully saturated rings. The number of nitrogens with zero attached hydrogens (tertiary/aromatic N) is 1. The van der Waals surface area contributed by atoms with Gasteiger partial charge in [-0.15, -0.1) is 0 Å². The first-order valence-corrected chi connectivity index (χ1v) is 2.74. The monoisotopic (exact) mass is 151 g/mol. The third-order valence-corrected chi connectivity index (χ3v) is 0.832. The maximum absolute atomic E-state index is 11.7. The fourth-order valence-corrected chi connectivity index (χ4v) is 0.450. The lowest BCUT2D eigenvalue weighted by Crippen LogP contribution is -2.09. The molecule has 0 saturated carbocycles. The fourth-order valence-electron chi connectivity index (χ4n) is 0.450. The Labute approximate surface area is 57.3 Å². The van der Waals surface area contributed by atoms with Gasteiger partial charge < -0.3 is 0 Å². The second-order valence-electron chi connectivity index (χ2n) is 1.56. The molecule has 0 saturated heterocycles. The van der Waals surface area contributed by atoms with Gasteiger partial charge in [0.25, 0.3) is 0 Å². The van der Waals surface area contributed by atoms with E-state index < -0.39 is 11.9 Å². The predicted molar refractivity (Wildman–Crippen MR) is 34.0 cm³/mol. The van der Waals surface area contributed by atoms with Gasteiger partial charge in [-0.1, -0.05) is 6.08 Å². The Morgan fingerprint density at radius 3 is 1.90 bits per heavy atom. The summed E-state index contributed by atoms with van der Waals surface area (Å²) < 4.78 is 35.2. The third kappa shape index (κ3) is 2.66. The highest BCUT2D eigenvalue weighted by Gasteiger charge is 2.32. The molecule has 0 aliphatic rings.